The Bertz CT molecular complexity index is 741. The zero-order valence-electron chi connectivity index (χ0n) is 11.4. The average molecular weight is 297 g/mol. The summed E-state index contributed by atoms with van der Waals surface area (Å²) in [6, 6.07) is 11.9. The fraction of sp³-hybridized carbons (Fsp3) is 0.250. The molecule has 21 heavy (non-hydrogen) atoms. The zero-order chi connectivity index (χ0) is 14.2. The van der Waals surface area contributed by atoms with Gasteiger partial charge in [-0.25, -0.2) is 4.68 Å². The van der Waals surface area contributed by atoms with Crippen molar-refractivity contribution in [3.8, 4) is 5.69 Å². The number of benzene rings is 1. The van der Waals surface area contributed by atoms with Crippen molar-refractivity contribution in [2.45, 2.75) is 25.4 Å². The summed E-state index contributed by atoms with van der Waals surface area (Å²) in [7, 11) is 0. The molecule has 0 aliphatic heterocycles. The van der Waals surface area contributed by atoms with Gasteiger partial charge in [-0.05, 0) is 43.0 Å². The summed E-state index contributed by atoms with van der Waals surface area (Å²) in [6.07, 6.45) is 4.48. The Labute approximate surface area is 126 Å². The first-order valence-electron chi connectivity index (χ1n) is 7.08. The normalized spacial score (nSPS) is 15.1. The fourth-order valence-corrected chi connectivity index (χ4v) is 4.09. The second-order valence-corrected chi connectivity index (χ2v) is 6.43. The number of thiophene rings is 1. The first-order chi connectivity index (χ1) is 10.3. The summed E-state index contributed by atoms with van der Waals surface area (Å²) in [5.74, 6) is 0. The largest absolute Gasteiger partial charge is 0.381 e. The molecule has 0 radical (unpaired) electrons. The van der Waals surface area contributed by atoms with Crippen molar-refractivity contribution >= 4 is 11.3 Å². The van der Waals surface area contributed by atoms with Crippen LogP contribution in [-0.2, 0) is 12.8 Å². The molecule has 1 aliphatic carbocycles. The van der Waals surface area contributed by atoms with Gasteiger partial charge in [-0.3, -0.25) is 0 Å². The standard InChI is InChI=1S/C16H15N3OS/c20-16(15-9-11-5-4-8-14(11)21-15)13-10-17-18-19(13)12-6-2-1-3-7-12/h1-3,6-7,9-10,16,20H,4-5,8H2. The second kappa shape index (κ2) is 5.09. The Kier molecular flexibility index (Phi) is 3.09. The molecule has 1 atom stereocenters. The number of hydrogen-bond acceptors (Lipinski definition) is 4. The van der Waals surface area contributed by atoms with E-state index in [0.717, 1.165) is 23.4 Å². The molecule has 5 heteroatoms. The van der Waals surface area contributed by atoms with Crippen LogP contribution in [0.5, 0.6) is 0 Å². The maximum atomic E-state index is 10.7. The van der Waals surface area contributed by atoms with E-state index in [1.54, 1.807) is 22.2 Å². The number of aryl methyl sites for hydroxylation is 2. The fourth-order valence-electron chi connectivity index (χ4n) is 2.83. The molecule has 2 aromatic heterocycles. The minimum Gasteiger partial charge on any atom is -0.381 e. The van der Waals surface area contributed by atoms with Gasteiger partial charge in [-0.1, -0.05) is 23.4 Å². The Balaban J connectivity index is 1.72. The van der Waals surface area contributed by atoms with Gasteiger partial charge in [-0.2, -0.15) is 0 Å². The van der Waals surface area contributed by atoms with Crippen LogP contribution >= 0.6 is 11.3 Å². The van der Waals surface area contributed by atoms with E-state index in [1.165, 1.54) is 16.9 Å². The third-order valence-electron chi connectivity index (χ3n) is 3.89. The highest BCUT2D eigenvalue weighted by atomic mass is 32.1. The second-order valence-electron chi connectivity index (χ2n) is 5.26. The number of fused-ring (bicyclic) bond motifs is 1. The topological polar surface area (TPSA) is 50.9 Å². The van der Waals surface area contributed by atoms with Crippen LogP contribution in [0, 0.1) is 0 Å². The summed E-state index contributed by atoms with van der Waals surface area (Å²) in [5.41, 5.74) is 3.02. The molecule has 4 rings (SSSR count). The predicted molar refractivity (Wildman–Crippen MR) is 81.8 cm³/mol. The smallest absolute Gasteiger partial charge is 0.132 e. The van der Waals surface area contributed by atoms with Crippen LogP contribution in [-0.4, -0.2) is 20.1 Å². The summed E-state index contributed by atoms with van der Waals surface area (Å²) in [5, 5.41) is 18.8. The molecule has 0 saturated carbocycles. The summed E-state index contributed by atoms with van der Waals surface area (Å²) < 4.78 is 1.70. The molecule has 0 amide bonds. The van der Waals surface area contributed by atoms with E-state index in [-0.39, 0.29) is 0 Å². The zero-order valence-corrected chi connectivity index (χ0v) is 12.3. The molecule has 1 aliphatic rings. The van der Waals surface area contributed by atoms with Crippen LogP contribution in [0.2, 0.25) is 0 Å². The molecule has 2 heterocycles. The number of rotatable bonds is 3. The lowest BCUT2D eigenvalue weighted by Gasteiger charge is -2.11. The maximum Gasteiger partial charge on any atom is 0.132 e. The number of para-hydroxylation sites is 1. The number of aromatic nitrogens is 3. The average Bonchev–Trinajstić information content (AvgIpc) is 3.22. The number of nitrogens with zero attached hydrogens (tertiary/aromatic N) is 3. The number of aliphatic hydroxyl groups is 1. The van der Waals surface area contributed by atoms with Gasteiger partial charge in [0.1, 0.15) is 6.10 Å². The third-order valence-corrected chi connectivity index (χ3v) is 5.18. The Morgan fingerprint density at radius 2 is 2.05 bits per heavy atom. The van der Waals surface area contributed by atoms with Crippen LogP contribution in [0.15, 0.2) is 42.6 Å². The van der Waals surface area contributed by atoms with Crippen molar-refractivity contribution in [2.24, 2.45) is 0 Å². The van der Waals surface area contributed by atoms with E-state index in [1.807, 2.05) is 30.3 Å². The van der Waals surface area contributed by atoms with Gasteiger partial charge in [-0.15, -0.1) is 16.4 Å². The lowest BCUT2D eigenvalue weighted by molar-refractivity contribution is 0.215. The number of hydrogen-bond donors (Lipinski definition) is 1. The van der Waals surface area contributed by atoms with Gasteiger partial charge < -0.3 is 5.11 Å². The Morgan fingerprint density at radius 1 is 1.19 bits per heavy atom. The maximum absolute atomic E-state index is 10.7. The lowest BCUT2D eigenvalue weighted by Crippen LogP contribution is -2.07. The molecule has 106 valence electrons. The first kappa shape index (κ1) is 12.7. The molecule has 1 unspecified atom stereocenters. The van der Waals surface area contributed by atoms with E-state index in [2.05, 4.69) is 16.4 Å². The van der Waals surface area contributed by atoms with Gasteiger partial charge in [0.2, 0.25) is 0 Å². The monoisotopic (exact) mass is 297 g/mol. The highest BCUT2D eigenvalue weighted by Gasteiger charge is 2.23. The molecular formula is C16H15N3OS. The SMILES string of the molecule is OC(c1cc2c(s1)CCC2)c1cnnn1-c1ccccc1. The predicted octanol–water partition coefficient (Wildman–Crippen LogP) is 2.90. The van der Waals surface area contributed by atoms with Crippen molar-refractivity contribution in [1.82, 2.24) is 15.0 Å². The molecular weight excluding hydrogens is 282 g/mol. The number of aliphatic hydroxyl groups excluding tert-OH is 1. The molecule has 0 saturated heterocycles. The quantitative estimate of drug-likeness (QED) is 0.808. The van der Waals surface area contributed by atoms with Crippen LogP contribution in [0.1, 0.15) is 33.5 Å². The van der Waals surface area contributed by atoms with Crippen LogP contribution in [0.4, 0.5) is 0 Å². The van der Waals surface area contributed by atoms with Gasteiger partial charge in [0, 0.05) is 9.75 Å². The van der Waals surface area contributed by atoms with Crippen molar-refractivity contribution in [2.75, 3.05) is 0 Å². The van der Waals surface area contributed by atoms with E-state index >= 15 is 0 Å². The molecule has 1 N–H and O–H groups in total. The minimum atomic E-state index is -0.671. The van der Waals surface area contributed by atoms with Crippen molar-refractivity contribution in [1.29, 1.82) is 0 Å². The molecule has 0 bridgehead atoms. The highest BCUT2D eigenvalue weighted by molar-refractivity contribution is 7.12. The van der Waals surface area contributed by atoms with Crippen LogP contribution < -0.4 is 0 Å². The summed E-state index contributed by atoms with van der Waals surface area (Å²) >= 11 is 1.71. The van der Waals surface area contributed by atoms with Crippen molar-refractivity contribution in [3.05, 3.63) is 63.6 Å². The van der Waals surface area contributed by atoms with Crippen LogP contribution in [0.3, 0.4) is 0 Å². The van der Waals surface area contributed by atoms with E-state index < -0.39 is 6.10 Å². The van der Waals surface area contributed by atoms with Gasteiger partial charge >= 0.3 is 0 Å². The van der Waals surface area contributed by atoms with E-state index in [9.17, 15) is 5.11 Å². The van der Waals surface area contributed by atoms with Gasteiger partial charge in [0.25, 0.3) is 0 Å². The first-order valence-corrected chi connectivity index (χ1v) is 7.90. The van der Waals surface area contributed by atoms with E-state index in [0.29, 0.717) is 5.69 Å². The van der Waals surface area contributed by atoms with Crippen molar-refractivity contribution in [3.63, 3.8) is 0 Å². The third kappa shape index (κ3) is 2.18. The van der Waals surface area contributed by atoms with Gasteiger partial charge in [0.15, 0.2) is 0 Å². The lowest BCUT2D eigenvalue weighted by atomic mass is 10.2. The molecule has 1 aromatic carbocycles. The summed E-state index contributed by atoms with van der Waals surface area (Å²) in [6.45, 7) is 0. The van der Waals surface area contributed by atoms with Crippen molar-refractivity contribution < 1.29 is 5.11 Å². The Morgan fingerprint density at radius 3 is 2.86 bits per heavy atom. The molecule has 0 spiro atoms. The van der Waals surface area contributed by atoms with E-state index in [4.69, 9.17) is 0 Å². The minimum absolute atomic E-state index is 0.671. The molecule has 4 nitrogen and oxygen atoms in total. The highest BCUT2D eigenvalue weighted by Crippen LogP contribution is 2.36. The van der Waals surface area contributed by atoms with Gasteiger partial charge in [0.05, 0.1) is 17.6 Å². The molecule has 3 aromatic rings. The molecule has 0 fully saturated rings. The van der Waals surface area contributed by atoms with Crippen LogP contribution in [0.25, 0.3) is 5.69 Å². The Hall–Kier alpha value is -1.98. The summed E-state index contributed by atoms with van der Waals surface area (Å²) in [4.78, 5) is 2.40.